The molecule has 0 bridgehead atoms. The standard InChI is InChI=1S/C13H21N3O7S/c14-4-2-1-3-6(15)10(17)16-13(12(20)21)5-24(22,23)9-7(8(9)13)11(18)19/h6-9H,1-5,14-15H2,(H,16,17)(H,18,19)(H,20,21)/t6-,7+,8+,9-,13-/m0/s1. The average Bonchev–Trinajstić information content (AvgIpc) is 3.18. The van der Waals surface area contributed by atoms with E-state index in [2.05, 4.69) is 5.32 Å². The lowest BCUT2D eigenvalue weighted by atomic mass is 9.93. The Bertz CT molecular complexity index is 664. The Morgan fingerprint density at radius 2 is 1.88 bits per heavy atom. The smallest absolute Gasteiger partial charge is 0.330 e. The Kier molecular flexibility index (Phi) is 4.88. The van der Waals surface area contributed by atoms with Crippen LogP contribution in [0, 0.1) is 11.8 Å². The number of nitrogens with one attached hydrogen (secondary N) is 1. The van der Waals surface area contributed by atoms with Crippen LogP contribution in [-0.4, -0.2) is 65.6 Å². The minimum Gasteiger partial charge on any atom is -0.481 e. The Balaban J connectivity index is 2.20. The van der Waals surface area contributed by atoms with Crippen molar-refractivity contribution >= 4 is 27.7 Å². The van der Waals surface area contributed by atoms with E-state index in [1.54, 1.807) is 0 Å². The molecule has 0 radical (unpaired) electrons. The summed E-state index contributed by atoms with van der Waals surface area (Å²) in [4.78, 5) is 35.0. The maximum Gasteiger partial charge on any atom is 0.330 e. The topological polar surface area (TPSA) is 190 Å². The molecule has 11 heteroatoms. The van der Waals surface area contributed by atoms with Crippen LogP contribution in [0.5, 0.6) is 0 Å². The van der Waals surface area contributed by atoms with Crippen LogP contribution in [0.15, 0.2) is 0 Å². The molecule has 1 aliphatic heterocycles. The van der Waals surface area contributed by atoms with E-state index in [0.717, 1.165) is 0 Å². The predicted octanol–water partition coefficient (Wildman–Crippen LogP) is -2.49. The van der Waals surface area contributed by atoms with E-state index in [0.29, 0.717) is 19.4 Å². The summed E-state index contributed by atoms with van der Waals surface area (Å²) in [5.41, 5.74) is 8.90. The van der Waals surface area contributed by atoms with Crippen LogP contribution in [0.2, 0.25) is 0 Å². The Morgan fingerprint density at radius 3 is 2.33 bits per heavy atom. The molecule has 0 aromatic rings. The van der Waals surface area contributed by atoms with Gasteiger partial charge in [0.25, 0.3) is 0 Å². The van der Waals surface area contributed by atoms with Crippen LogP contribution in [0.25, 0.3) is 0 Å². The predicted molar refractivity (Wildman–Crippen MR) is 81.6 cm³/mol. The van der Waals surface area contributed by atoms with E-state index in [1.807, 2.05) is 0 Å². The fourth-order valence-corrected chi connectivity index (χ4v) is 6.16. The minimum absolute atomic E-state index is 0.266. The first-order valence-electron chi connectivity index (χ1n) is 7.54. The van der Waals surface area contributed by atoms with Crippen molar-refractivity contribution in [3.63, 3.8) is 0 Å². The second kappa shape index (κ2) is 6.30. The molecule has 1 amide bonds. The maximum atomic E-state index is 12.2. The molecule has 1 aliphatic carbocycles. The fourth-order valence-electron chi connectivity index (χ4n) is 3.45. The zero-order valence-electron chi connectivity index (χ0n) is 12.8. The van der Waals surface area contributed by atoms with Crippen LogP contribution in [0.4, 0.5) is 0 Å². The van der Waals surface area contributed by atoms with E-state index >= 15 is 0 Å². The molecule has 2 aliphatic rings. The fraction of sp³-hybridized carbons (Fsp3) is 0.769. The number of fused-ring (bicyclic) bond motifs is 1. The Hall–Kier alpha value is -1.72. The normalized spacial score (nSPS) is 34.2. The van der Waals surface area contributed by atoms with Crippen LogP contribution in [-0.2, 0) is 24.2 Å². The molecule has 1 saturated heterocycles. The van der Waals surface area contributed by atoms with E-state index < -0.39 is 62.1 Å². The lowest BCUT2D eigenvalue weighted by Crippen LogP contribution is -2.61. The van der Waals surface area contributed by atoms with Crippen molar-refractivity contribution in [1.29, 1.82) is 0 Å². The lowest BCUT2D eigenvalue weighted by molar-refractivity contribution is -0.148. The van der Waals surface area contributed by atoms with E-state index in [1.165, 1.54) is 0 Å². The second-order valence-electron chi connectivity index (χ2n) is 6.32. The molecule has 2 rings (SSSR count). The highest BCUT2D eigenvalue weighted by atomic mass is 32.2. The van der Waals surface area contributed by atoms with Gasteiger partial charge in [0.2, 0.25) is 5.91 Å². The number of hydrogen-bond acceptors (Lipinski definition) is 7. The summed E-state index contributed by atoms with van der Waals surface area (Å²) in [6.07, 6.45) is 1.47. The first-order valence-corrected chi connectivity index (χ1v) is 9.25. The van der Waals surface area contributed by atoms with Gasteiger partial charge in [-0.2, -0.15) is 0 Å². The summed E-state index contributed by atoms with van der Waals surface area (Å²) < 4.78 is 24.2. The Labute approximate surface area is 138 Å². The van der Waals surface area contributed by atoms with E-state index in [4.69, 9.17) is 16.6 Å². The number of rotatable bonds is 8. The number of amides is 1. The molecule has 24 heavy (non-hydrogen) atoms. The highest BCUT2D eigenvalue weighted by molar-refractivity contribution is 7.92. The third-order valence-corrected chi connectivity index (χ3v) is 6.96. The summed E-state index contributed by atoms with van der Waals surface area (Å²) in [5, 5.41) is 19.5. The number of nitrogens with two attached hydrogens (primary N) is 2. The van der Waals surface area contributed by atoms with Crippen molar-refractivity contribution < 1.29 is 33.0 Å². The first-order chi connectivity index (χ1) is 11.1. The van der Waals surface area contributed by atoms with Crippen LogP contribution in [0.1, 0.15) is 19.3 Å². The largest absolute Gasteiger partial charge is 0.481 e. The van der Waals surface area contributed by atoms with Crippen molar-refractivity contribution in [2.45, 2.75) is 36.1 Å². The van der Waals surface area contributed by atoms with Gasteiger partial charge in [-0.25, -0.2) is 13.2 Å². The highest BCUT2D eigenvalue weighted by Gasteiger charge is 2.79. The van der Waals surface area contributed by atoms with Gasteiger partial charge in [-0.05, 0) is 19.4 Å². The summed E-state index contributed by atoms with van der Waals surface area (Å²) in [6.45, 7) is 0.426. The number of carbonyl (C=O) groups is 3. The summed E-state index contributed by atoms with van der Waals surface area (Å²) >= 11 is 0. The molecule has 136 valence electrons. The molecule has 5 atom stereocenters. The molecule has 1 saturated carbocycles. The zero-order chi connectivity index (χ0) is 18.3. The SMILES string of the molecule is NCCCC[C@H](N)C(=O)N[C@@]1(C(=O)O)CS(=O)(=O)[C@H]2[C@H](C(=O)O)[C@H]21. The molecular weight excluding hydrogens is 342 g/mol. The van der Waals surface area contributed by atoms with Gasteiger partial charge in [0.15, 0.2) is 15.4 Å². The number of carboxylic acid groups (broad SMARTS) is 2. The van der Waals surface area contributed by atoms with Crippen molar-refractivity contribution in [3.8, 4) is 0 Å². The number of carboxylic acids is 2. The number of sulfone groups is 1. The van der Waals surface area contributed by atoms with Crippen molar-refractivity contribution in [3.05, 3.63) is 0 Å². The maximum absolute atomic E-state index is 12.2. The zero-order valence-corrected chi connectivity index (χ0v) is 13.7. The van der Waals surface area contributed by atoms with Crippen LogP contribution < -0.4 is 16.8 Å². The summed E-state index contributed by atoms with van der Waals surface area (Å²) in [6, 6.07) is -1.02. The molecule has 0 aromatic carbocycles. The second-order valence-corrected chi connectivity index (χ2v) is 8.48. The van der Waals surface area contributed by atoms with Gasteiger partial charge in [-0.3, -0.25) is 9.59 Å². The van der Waals surface area contributed by atoms with Gasteiger partial charge < -0.3 is 27.0 Å². The van der Waals surface area contributed by atoms with Crippen molar-refractivity contribution in [1.82, 2.24) is 5.32 Å². The van der Waals surface area contributed by atoms with E-state index in [9.17, 15) is 27.9 Å². The van der Waals surface area contributed by atoms with Crippen molar-refractivity contribution in [2.24, 2.45) is 23.3 Å². The molecule has 7 N–H and O–H groups in total. The number of hydrogen-bond donors (Lipinski definition) is 5. The Morgan fingerprint density at radius 1 is 1.25 bits per heavy atom. The number of unbranched alkanes of at least 4 members (excludes halogenated alkanes) is 1. The summed E-state index contributed by atoms with van der Waals surface area (Å²) in [5.74, 6) is -7.09. The molecule has 1 heterocycles. The van der Waals surface area contributed by atoms with Crippen LogP contribution in [0.3, 0.4) is 0 Å². The van der Waals surface area contributed by atoms with Gasteiger partial charge in [-0.1, -0.05) is 6.42 Å². The average molecular weight is 363 g/mol. The highest BCUT2D eigenvalue weighted by Crippen LogP contribution is 2.57. The van der Waals surface area contributed by atoms with Crippen molar-refractivity contribution in [2.75, 3.05) is 12.3 Å². The van der Waals surface area contributed by atoms with Gasteiger partial charge in [-0.15, -0.1) is 0 Å². The van der Waals surface area contributed by atoms with Gasteiger partial charge in [0.05, 0.1) is 23.0 Å². The molecule has 0 spiro atoms. The summed E-state index contributed by atoms with van der Waals surface area (Å²) in [7, 11) is -3.92. The van der Waals surface area contributed by atoms with Gasteiger partial charge >= 0.3 is 11.9 Å². The molecule has 10 nitrogen and oxygen atoms in total. The quantitative estimate of drug-likeness (QED) is 0.290. The number of aliphatic carboxylic acids is 2. The molecule has 2 fully saturated rings. The third kappa shape index (κ3) is 2.98. The molecule has 0 aromatic heterocycles. The molecular formula is C13H21N3O7S. The lowest BCUT2D eigenvalue weighted by Gasteiger charge is -2.28. The minimum atomic E-state index is -3.92. The van der Waals surface area contributed by atoms with Gasteiger partial charge in [0.1, 0.15) is 0 Å². The first kappa shape index (κ1) is 18.6. The van der Waals surface area contributed by atoms with E-state index in [-0.39, 0.29) is 6.42 Å². The number of carbonyl (C=O) groups excluding carboxylic acids is 1. The molecule has 0 unspecified atom stereocenters. The van der Waals surface area contributed by atoms with Crippen LogP contribution >= 0.6 is 0 Å². The van der Waals surface area contributed by atoms with Gasteiger partial charge in [0, 0.05) is 5.92 Å². The monoisotopic (exact) mass is 363 g/mol. The third-order valence-electron chi connectivity index (χ3n) is 4.69.